The van der Waals surface area contributed by atoms with Crippen molar-refractivity contribution in [2.45, 2.75) is 58.2 Å². The quantitative estimate of drug-likeness (QED) is 0.929. The molecule has 0 aromatic carbocycles. The van der Waals surface area contributed by atoms with Crippen molar-refractivity contribution in [3.63, 3.8) is 0 Å². The number of carbonyl (C=O) groups is 1. The van der Waals surface area contributed by atoms with E-state index in [4.69, 9.17) is 4.74 Å². The molecule has 1 aromatic rings. The second-order valence-corrected chi connectivity index (χ2v) is 6.76. The zero-order chi connectivity index (χ0) is 16.2. The molecule has 1 aliphatic heterocycles. The van der Waals surface area contributed by atoms with E-state index < -0.39 is 5.60 Å². The molecule has 122 valence electrons. The van der Waals surface area contributed by atoms with Gasteiger partial charge in [-0.2, -0.15) is 0 Å². The lowest BCUT2D eigenvalue weighted by Gasteiger charge is -2.36. The van der Waals surface area contributed by atoms with Gasteiger partial charge in [0.15, 0.2) is 0 Å². The fourth-order valence-corrected chi connectivity index (χ4v) is 2.62. The van der Waals surface area contributed by atoms with Crippen molar-refractivity contribution in [3.8, 4) is 0 Å². The first-order valence-electron chi connectivity index (χ1n) is 7.84. The maximum absolute atomic E-state index is 11.8. The number of hydrogen-bond acceptors (Lipinski definition) is 5. The molecule has 0 aliphatic carbocycles. The van der Waals surface area contributed by atoms with Gasteiger partial charge in [0.25, 0.3) is 0 Å². The molecule has 1 amide bonds. The Kier molecular flexibility index (Phi) is 5.34. The molecule has 2 heterocycles. The molecule has 1 aliphatic rings. The van der Waals surface area contributed by atoms with Gasteiger partial charge in [0.05, 0.1) is 11.7 Å². The van der Waals surface area contributed by atoms with E-state index in [1.807, 2.05) is 27.0 Å². The largest absolute Gasteiger partial charge is 0.444 e. The lowest BCUT2D eigenvalue weighted by atomic mass is 10.0. The van der Waals surface area contributed by atoms with E-state index in [1.165, 1.54) is 0 Å². The number of nitrogens with one attached hydrogen (secondary N) is 1. The Hall–Kier alpha value is -1.69. The van der Waals surface area contributed by atoms with Gasteiger partial charge in [-0.15, -0.1) is 0 Å². The summed E-state index contributed by atoms with van der Waals surface area (Å²) < 4.78 is 5.30. The SMILES string of the molecule is CC(c1cnccn1)N1CCC(NC(=O)OC(C)(C)C)CC1. The van der Waals surface area contributed by atoms with Gasteiger partial charge in [-0.25, -0.2) is 4.79 Å². The van der Waals surface area contributed by atoms with Gasteiger partial charge in [-0.3, -0.25) is 14.9 Å². The monoisotopic (exact) mass is 306 g/mol. The second-order valence-electron chi connectivity index (χ2n) is 6.76. The maximum Gasteiger partial charge on any atom is 0.407 e. The molecule has 6 nitrogen and oxygen atoms in total. The summed E-state index contributed by atoms with van der Waals surface area (Å²) in [5, 5.41) is 2.96. The molecule has 0 spiro atoms. The van der Waals surface area contributed by atoms with Crippen LogP contribution in [-0.4, -0.2) is 45.7 Å². The van der Waals surface area contributed by atoms with Crippen molar-refractivity contribution in [1.29, 1.82) is 0 Å². The summed E-state index contributed by atoms with van der Waals surface area (Å²) in [5.41, 5.74) is 0.534. The minimum Gasteiger partial charge on any atom is -0.444 e. The summed E-state index contributed by atoms with van der Waals surface area (Å²) in [6, 6.07) is 0.427. The Morgan fingerprint density at radius 3 is 2.59 bits per heavy atom. The second kappa shape index (κ2) is 7.05. The standard InChI is InChI=1S/C16H26N4O2/c1-12(14-11-17-7-8-18-14)20-9-5-13(6-10-20)19-15(21)22-16(2,3)4/h7-8,11-13H,5-6,9-10H2,1-4H3,(H,19,21). The van der Waals surface area contributed by atoms with E-state index in [0.29, 0.717) is 0 Å². The molecule has 0 radical (unpaired) electrons. The number of likely N-dealkylation sites (tertiary alicyclic amines) is 1. The van der Waals surface area contributed by atoms with Gasteiger partial charge < -0.3 is 10.1 Å². The molecule has 1 unspecified atom stereocenters. The van der Waals surface area contributed by atoms with Gasteiger partial charge in [0.2, 0.25) is 0 Å². The van der Waals surface area contributed by atoms with Gasteiger partial charge in [0, 0.05) is 37.7 Å². The highest BCUT2D eigenvalue weighted by Crippen LogP contribution is 2.22. The fraction of sp³-hybridized carbons (Fsp3) is 0.688. The number of carbonyl (C=O) groups excluding carboxylic acids is 1. The highest BCUT2D eigenvalue weighted by Gasteiger charge is 2.26. The van der Waals surface area contributed by atoms with Crippen molar-refractivity contribution in [2.75, 3.05) is 13.1 Å². The summed E-state index contributed by atoms with van der Waals surface area (Å²) in [6.45, 7) is 9.62. The minimum absolute atomic E-state index is 0.181. The van der Waals surface area contributed by atoms with Crippen molar-refractivity contribution >= 4 is 6.09 Å². The van der Waals surface area contributed by atoms with Crippen LogP contribution >= 0.6 is 0 Å². The molecular weight excluding hydrogens is 280 g/mol. The number of amides is 1. The van der Waals surface area contributed by atoms with Crippen LogP contribution in [0.3, 0.4) is 0 Å². The number of rotatable bonds is 3. The van der Waals surface area contributed by atoms with Crippen LogP contribution in [0.4, 0.5) is 4.79 Å². The number of hydrogen-bond donors (Lipinski definition) is 1. The topological polar surface area (TPSA) is 67.4 Å². The maximum atomic E-state index is 11.8. The average molecular weight is 306 g/mol. The third-order valence-corrected chi connectivity index (χ3v) is 3.81. The van der Waals surface area contributed by atoms with Crippen LogP contribution in [0.25, 0.3) is 0 Å². The van der Waals surface area contributed by atoms with E-state index in [9.17, 15) is 4.79 Å². The van der Waals surface area contributed by atoms with Crippen LogP contribution in [0.5, 0.6) is 0 Å². The third-order valence-electron chi connectivity index (χ3n) is 3.81. The Bertz CT molecular complexity index is 479. The highest BCUT2D eigenvalue weighted by molar-refractivity contribution is 5.68. The normalized spacial score (nSPS) is 18.7. The zero-order valence-electron chi connectivity index (χ0n) is 13.9. The van der Waals surface area contributed by atoms with Crippen molar-refractivity contribution < 1.29 is 9.53 Å². The Morgan fingerprint density at radius 1 is 1.36 bits per heavy atom. The smallest absolute Gasteiger partial charge is 0.407 e. The lowest BCUT2D eigenvalue weighted by molar-refractivity contribution is 0.0469. The van der Waals surface area contributed by atoms with Crippen LogP contribution in [0.15, 0.2) is 18.6 Å². The number of piperidine rings is 1. The average Bonchev–Trinajstić information content (AvgIpc) is 2.46. The first-order chi connectivity index (χ1) is 10.3. The number of alkyl carbamates (subject to hydrolysis) is 1. The summed E-state index contributed by atoms with van der Waals surface area (Å²) >= 11 is 0. The summed E-state index contributed by atoms with van der Waals surface area (Å²) in [5.74, 6) is 0. The van der Waals surface area contributed by atoms with E-state index in [1.54, 1.807) is 12.4 Å². The molecule has 22 heavy (non-hydrogen) atoms. The Balaban J connectivity index is 1.79. The molecule has 1 atom stereocenters. The van der Waals surface area contributed by atoms with E-state index in [0.717, 1.165) is 31.6 Å². The summed E-state index contributed by atoms with van der Waals surface area (Å²) in [7, 11) is 0. The van der Waals surface area contributed by atoms with E-state index in [2.05, 4.69) is 27.1 Å². The molecule has 0 bridgehead atoms. The van der Waals surface area contributed by atoms with Gasteiger partial charge in [0.1, 0.15) is 5.60 Å². The van der Waals surface area contributed by atoms with Crippen LogP contribution < -0.4 is 5.32 Å². The minimum atomic E-state index is -0.453. The fourth-order valence-electron chi connectivity index (χ4n) is 2.62. The highest BCUT2D eigenvalue weighted by atomic mass is 16.6. The van der Waals surface area contributed by atoms with Gasteiger partial charge in [-0.05, 0) is 40.5 Å². The van der Waals surface area contributed by atoms with Gasteiger partial charge >= 0.3 is 6.09 Å². The Morgan fingerprint density at radius 2 is 2.05 bits per heavy atom. The van der Waals surface area contributed by atoms with E-state index in [-0.39, 0.29) is 18.2 Å². The predicted molar refractivity (Wildman–Crippen MR) is 84.4 cm³/mol. The van der Waals surface area contributed by atoms with Crippen LogP contribution in [0, 0.1) is 0 Å². The van der Waals surface area contributed by atoms with Crippen molar-refractivity contribution in [1.82, 2.24) is 20.2 Å². The molecule has 6 heteroatoms. The molecular formula is C16H26N4O2. The van der Waals surface area contributed by atoms with Gasteiger partial charge in [-0.1, -0.05) is 0 Å². The molecule has 1 N–H and O–H groups in total. The van der Waals surface area contributed by atoms with Crippen LogP contribution in [0.2, 0.25) is 0 Å². The predicted octanol–water partition coefficient (Wildman–Crippen LogP) is 2.53. The first kappa shape index (κ1) is 16.7. The molecule has 2 rings (SSSR count). The number of aromatic nitrogens is 2. The third kappa shape index (κ3) is 4.94. The summed E-state index contributed by atoms with van der Waals surface area (Å²) in [4.78, 5) is 22.7. The summed E-state index contributed by atoms with van der Waals surface area (Å²) in [6.07, 6.45) is 6.74. The molecule has 1 aromatic heterocycles. The lowest BCUT2D eigenvalue weighted by Crippen LogP contribution is -2.46. The molecule has 1 fully saturated rings. The van der Waals surface area contributed by atoms with Crippen molar-refractivity contribution in [3.05, 3.63) is 24.3 Å². The van der Waals surface area contributed by atoms with Crippen molar-refractivity contribution in [2.24, 2.45) is 0 Å². The number of nitrogens with zero attached hydrogens (tertiary/aromatic N) is 3. The Labute approximate surface area is 132 Å². The zero-order valence-corrected chi connectivity index (χ0v) is 13.9. The molecule has 1 saturated heterocycles. The van der Waals surface area contributed by atoms with E-state index >= 15 is 0 Å². The van der Waals surface area contributed by atoms with Crippen LogP contribution in [-0.2, 0) is 4.74 Å². The van der Waals surface area contributed by atoms with Crippen LogP contribution in [0.1, 0.15) is 52.3 Å². The molecule has 0 saturated carbocycles. The first-order valence-corrected chi connectivity index (χ1v) is 7.84. The number of ether oxygens (including phenoxy) is 1.